The topological polar surface area (TPSA) is 119 Å². The maximum absolute atomic E-state index is 11.7. The summed E-state index contributed by atoms with van der Waals surface area (Å²) in [5.74, 6) is 1.02. The van der Waals surface area contributed by atoms with E-state index >= 15 is 0 Å². The Morgan fingerprint density at radius 3 is 2.76 bits per heavy atom. The number of halogens is 1. The van der Waals surface area contributed by atoms with Crippen LogP contribution in [0.1, 0.15) is 16.2 Å². The molecule has 0 aliphatic carbocycles. The molecule has 8 nitrogen and oxygen atoms in total. The first-order valence-corrected chi connectivity index (χ1v) is 7.93. The summed E-state index contributed by atoms with van der Waals surface area (Å²) in [5.41, 5.74) is 6.27. The summed E-state index contributed by atoms with van der Waals surface area (Å²) >= 11 is 6.16. The second-order valence-corrected chi connectivity index (χ2v) is 5.58. The number of nitrogens with zero attached hydrogens (tertiary/aromatic N) is 2. The third-order valence-electron chi connectivity index (χ3n) is 3.42. The van der Waals surface area contributed by atoms with Crippen molar-refractivity contribution in [2.24, 2.45) is 0 Å². The first kappa shape index (κ1) is 17.0. The van der Waals surface area contributed by atoms with Gasteiger partial charge in [-0.15, -0.1) is 0 Å². The lowest BCUT2D eigenvalue weighted by atomic mass is 10.2. The van der Waals surface area contributed by atoms with E-state index in [1.165, 1.54) is 0 Å². The van der Waals surface area contributed by atoms with Crippen molar-refractivity contribution >= 4 is 23.3 Å². The van der Waals surface area contributed by atoms with Crippen molar-refractivity contribution < 1.29 is 13.8 Å². The van der Waals surface area contributed by atoms with Crippen LogP contribution in [0.15, 0.2) is 45.4 Å². The summed E-state index contributed by atoms with van der Waals surface area (Å²) in [7, 11) is 0. The lowest BCUT2D eigenvalue weighted by Crippen LogP contribution is -2.32. The van der Waals surface area contributed by atoms with E-state index in [1.807, 2.05) is 36.4 Å². The number of rotatable bonds is 7. The van der Waals surface area contributed by atoms with E-state index in [9.17, 15) is 4.79 Å². The third-order valence-corrected chi connectivity index (χ3v) is 3.75. The Morgan fingerprint density at radius 1 is 1.16 bits per heavy atom. The van der Waals surface area contributed by atoms with Gasteiger partial charge < -0.3 is 20.8 Å². The normalized spacial score (nSPS) is 10.8. The summed E-state index contributed by atoms with van der Waals surface area (Å²) in [4.78, 5) is 11.7. The molecule has 9 heteroatoms. The minimum absolute atomic E-state index is 0.0181. The van der Waals surface area contributed by atoms with E-state index in [0.29, 0.717) is 30.4 Å². The van der Waals surface area contributed by atoms with E-state index in [2.05, 4.69) is 25.6 Å². The number of carbonyl (C=O) groups is 1. The molecule has 0 unspecified atom stereocenters. The molecule has 0 atom stereocenters. The zero-order chi connectivity index (χ0) is 17.6. The highest BCUT2D eigenvalue weighted by molar-refractivity contribution is 6.33. The number of carbonyl (C=O) groups excluding carboxylic acids is 1. The summed E-state index contributed by atoms with van der Waals surface area (Å²) in [6.45, 7) is 1.45. The Labute approximate surface area is 148 Å². The Hall–Kier alpha value is -2.84. The molecule has 0 spiro atoms. The number of benzene rings is 1. The molecule has 3 rings (SSSR count). The van der Waals surface area contributed by atoms with E-state index in [0.717, 1.165) is 11.3 Å². The Balaban J connectivity index is 1.43. The number of nitrogens with one attached hydrogen (secondary N) is 2. The summed E-state index contributed by atoms with van der Waals surface area (Å²) in [5, 5.41) is 13.2. The van der Waals surface area contributed by atoms with Crippen LogP contribution in [0.3, 0.4) is 0 Å². The third kappa shape index (κ3) is 4.17. The van der Waals surface area contributed by atoms with Gasteiger partial charge in [0.05, 0.1) is 11.6 Å². The minimum Gasteiger partial charge on any atom is -0.460 e. The van der Waals surface area contributed by atoms with Crippen LogP contribution in [-0.2, 0) is 6.54 Å². The van der Waals surface area contributed by atoms with Crippen molar-refractivity contribution in [2.45, 2.75) is 6.54 Å². The smallest absolute Gasteiger partial charge is 0.277 e. The van der Waals surface area contributed by atoms with Crippen LogP contribution in [0.5, 0.6) is 0 Å². The lowest BCUT2D eigenvalue weighted by Gasteiger charge is -2.04. The monoisotopic (exact) mass is 361 g/mol. The zero-order valence-corrected chi connectivity index (χ0v) is 13.9. The molecule has 0 aliphatic heterocycles. The maximum atomic E-state index is 11.7. The quantitative estimate of drug-likeness (QED) is 0.551. The molecule has 1 amide bonds. The fourth-order valence-corrected chi connectivity index (χ4v) is 2.42. The van der Waals surface area contributed by atoms with Gasteiger partial charge in [-0.25, -0.2) is 4.63 Å². The molecule has 0 bridgehead atoms. The molecular formula is C16H16ClN5O3. The van der Waals surface area contributed by atoms with Gasteiger partial charge in [-0.05, 0) is 34.6 Å². The molecule has 0 saturated heterocycles. The van der Waals surface area contributed by atoms with Crippen molar-refractivity contribution in [2.75, 3.05) is 18.8 Å². The van der Waals surface area contributed by atoms with E-state index < -0.39 is 5.91 Å². The number of nitrogen functional groups attached to an aromatic ring is 1. The highest BCUT2D eigenvalue weighted by Gasteiger charge is 2.15. The van der Waals surface area contributed by atoms with Crippen molar-refractivity contribution in [1.82, 2.24) is 20.9 Å². The predicted molar refractivity (Wildman–Crippen MR) is 91.9 cm³/mol. The highest BCUT2D eigenvalue weighted by Crippen LogP contribution is 2.28. The van der Waals surface area contributed by atoms with Gasteiger partial charge in [0.1, 0.15) is 11.5 Å². The Morgan fingerprint density at radius 2 is 2.00 bits per heavy atom. The maximum Gasteiger partial charge on any atom is 0.277 e. The van der Waals surface area contributed by atoms with Gasteiger partial charge in [0.15, 0.2) is 0 Å². The van der Waals surface area contributed by atoms with Crippen molar-refractivity contribution in [1.29, 1.82) is 0 Å². The number of nitrogens with two attached hydrogens (primary N) is 1. The van der Waals surface area contributed by atoms with E-state index in [4.69, 9.17) is 21.8 Å². The van der Waals surface area contributed by atoms with E-state index in [-0.39, 0.29) is 11.5 Å². The molecule has 0 radical (unpaired) electrons. The standard InChI is InChI=1S/C16H16ClN5O3/c17-12-4-2-1-3-11(12)13-6-5-10(24-13)9-19-7-8-20-16(23)14-15(18)22-25-21-14/h1-6,19H,7-9H2,(H2,18,22)(H,20,23). The predicted octanol–water partition coefficient (Wildman–Crippen LogP) is 2.08. The molecule has 2 aromatic heterocycles. The first-order chi connectivity index (χ1) is 12.1. The van der Waals surface area contributed by atoms with Crippen LogP contribution in [-0.4, -0.2) is 29.3 Å². The number of hydrogen-bond donors (Lipinski definition) is 3. The fraction of sp³-hybridized carbons (Fsp3) is 0.188. The number of hydrogen-bond acceptors (Lipinski definition) is 7. The second kappa shape index (κ2) is 7.82. The second-order valence-electron chi connectivity index (χ2n) is 5.18. The van der Waals surface area contributed by atoms with E-state index in [1.54, 1.807) is 0 Å². The molecule has 2 heterocycles. The minimum atomic E-state index is -0.431. The molecule has 4 N–H and O–H groups in total. The van der Waals surface area contributed by atoms with Gasteiger partial charge in [-0.3, -0.25) is 4.79 Å². The van der Waals surface area contributed by atoms with Crippen LogP contribution in [0, 0.1) is 0 Å². The fourth-order valence-electron chi connectivity index (χ4n) is 2.19. The average molecular weight is 362 g/mol. The molecular weight excluding hydrogens is 346 g/mol. The number of aromatic nitrogens is 2. The molecule has 130 valence electrons. The zero-order valence-electron chi connectivity index (χ0n) is 13.2. The van der Waals surface area contributed by atoms with Crippen LogP contribution < -0.4 is 16.4 Å². The van der Waals surface area contributed by atoms with Gasteiger partial charge >= 0.3 is 0 Å². The summed E-state index contributed by atoms with van der Waals surface area (Å²) in [6, 6.07) is 11.2. The number of furan rings is 1. The Bertz CT molecular complexity index is 861. The van der Waals surface area contributed by atoms with Crippen LogP contribution in [0.25, 0.3) is 11.3 Å². The van der Waals surface area contributed by atoms with Crippen LogP contribution in [0.2, 0.25) is 5.02 Å². The molecule has 0 saturated carbocycles. The molecule has 0 fully saturated rings. The summed E-state index contributed by atoms with van der Waals surface area (Å²) < 4.78 is 10.1. The number of anilines is 1. The first-order valence-electron chi connectivity index (χ1n) is 7.55. The van der Waals surface area contributed by atoms with Crippen molar-refractivity contribution in [3.05, 3.63) is 52.9 Å². The average Bonchev–Trinajstić information content (AvgIpc) is 3.24. The van der Waals surface area contributed by atoms with Crippen LogP contribution >= 0.6 is 11.6 Å². The van der Waals surface area contributed by atoms with Gasteiger partial charge in [-0.2, -0.15) is 0 Å². The summed E-state index contributed by atoms with van der Waals surface area (Å²) in [6.07, 6.45) is 0. The number of amides is 1. The molecule has 1 aromatic carbocycles. The largest absolute Gasteiger partial charge is 0.460 e. The SMILES string of the molecule is Nc1nonc1C(=O)NCCNCc1ccc(-c2ccccc2Cl)o1. The van der Waals surface area contributed by atoms with Crippen molar-refractivity contribution in [3.8, 4) is 11.3 Å². The van der Waals surface area contributed by atoms with Gasteiger partial charge in [0.25, 0.3) is 5.91 Å². The van der Waals surface area contributed by atoms with Gasteiger partial charge in [0.2, 0.25) is 11.5 Å². The van der Waals surface area contributed by atoms with Gasteiger partial charge in [-0.1, -0.05) is 23.7 Å². The molecule has 25 heavy (non-hydrogen) atoms. The lowest BCUT2D eigenvalue weighted by molar-refractivity contribution is 0.0944. The molecule has 3 aromatic rings. The Kier molecular flexibility index (Phi) is 5.32. The van der Waals surface area contributed by atoms with Crippen molar-refractivity contribution in [3.63, 3.8) is 0 Å². The van der Waals surface area contributed by atoms with Gasteiger partial charge in [0, 0.05) is 18.7 Å². The molecule has 0 aliphatic rings. The highest BCUT2D eigenvalue weighted by atomic mass is 35.5. The van der Waals surface area contributed by atoms with Crippen LogP contribution in [0.4, 0.5) is 5.82 Å².